The van der Waals surface area contributed by atoms with Gasteiger partial charge in [0.1, 0.15) is 6.54 Å². The van der Waals surface area contributed by atoms with E-state index in [1.54, 1.807) is 6.92 Å². The lowest BCUT2D eigenvalue weighted by molar-refractivity contribution is -0.144. The van der Waals surface area contributed by atoms with Crippen LogP contribution >= 0.6 is 0 Å². The molecule has 0 saturated heterocycles. The van der Waals surface area contributed by atoms with Crippen molar-refractivity contribution in [1.29, 1.82) is 0 Å². The quantitative estimate of drug-likeness (QED) is 0.276. The number of esters is 1. The van der Waals surface area contributed by atoms with Crippen molar-refractivity contribution in [2.75, 3.05) is 6.61 Å². The molecule has 0 radical (unpaired) electrons. The van der Waals surface area contributed by atoms with Gasteiger partial charge < -0.3 is 14.1 Å². The number of hydrogen-bond donors (Lipinski definition) is 0. The van der Waals surface area contributed by atoms with Gasteiger partial charge in [0.05, 0.1) is 12.3 Å². The van der Waals surface area contributed by atoms with Gasteiger partial charge in [-0.2, -0.15) is 0 Å². The number of carbonyl (C=O) groups excluding carboxylic acids is 2. The lowest BCUT2D eigenvalue weighted by Crippen LogP contribution is -2.13. The van der Waals surface area contributed by atoms with Crippen LogP contribution in [0.2, 0.25) is 0 Å². The van der Waals surface area contributed by atoms with Crippen molar-refractivity contribution >= 4 is 39.5 Å². The summed E-state index contributed by atoms with van der Waals surface area (Å²) >= 11 is 0. The standard InChI is InChI=1S/C22H24N2O4/c1-5-10-27-22(26)13-24-20-8-6-14(2)11-18(20)19-12-17(7-9-21(19)24)15(3)23-28-16(4)25/h6-9,11-12H,5,10,13H2,1-4H3/b23-15+. The topological polar surface area (TPSA) is 69.9 Å². The zero-order valence-corrected chi connectivity index (χ0v) is 16.6. The smallest absolute Gasteiger partial charge is 0.331 e. The van der Waals surface area contributed by atoms with Crippen LogP contribution in [-0.4, -0.2) is 28.8 Å². The molecule has 1 aromatic heterocycles. The summed E-state index contributed by atoms with van der Waals surface area (Å²) < 4.78 is 7.25. The van der Waals surface area contributed by atoms with E-state index in [4.69, 9.17) is 9.57 Å². The number of aromatic nitrogens is 1. The maximum atomic E-state index is 12.2. The maximum absolute atomic E-state index is 12.2. The van der Waals surface area contributed by atoms with E-state index >= 15 is 0 Å². The summed E-state index contributed by atoms with van der Waals surface area (Å²) in [6.07, 6.45) is 0.794. The molecule has 0 aliphatic rings. The molecule has 6 nitrogen and oxygen atoms in total. The van der Waals surface area contributed by atoms with Crippen LogP contribution in [-0.2, 0) is 25.7 Å². The average molecular weight is 380 g/mol. The monoisotopic (exact) mass is 380 g/mol. The fourth-order valence-electron chi connectivity index (χ4n) is 3.19. The van der Waals surface area contributed by atoms with E-state index in [2.05, 4.69) is 11.2 Å². The molecule has 0 N–H and O–H groups in total. The van der Waals surface area contributed by atoms with Crippen molar-refractivity contribution in [3.05, 3.63) is 47.5 Å². The Morgan fingerprint density at radius 2 is 1.71 bits per heavy atom. The molecule has 0 unspecified atom stereocenters. The SMILES string of the molecule is CCCOC(=O)Cn1c2ccc(C)cc2c2cc(/C(C)=N/OC(C)=O)ccc21. The number of hydrogen-bond acceptors (Lipinski definition) is 5. The van der Waals surface area contributed by atoms with Crippen LogP contribution in [0.5, 0.6) is 0 Å². The highest BCUT2D eigenvalue weighted by molar-refractivity contribution is 6.12. The minimum atomic E-state index is -0.460. The third kappa shape index (κ3) is 4.06. The van der Waals surface area contributed by atoms with Gasteiger partial charge in [-0.25, -0.2) is 4.79 Å². The highest BCUT2D eigenvalue weighted by atomic mass is 16.7. The number of rotatable bonds is 6. The van der Waals surface area contributed by atoms with Crippen molar-refractivity contribution < 1.29 is 19.2 Å². The van der Waals surface area contributed by atoms with Crippen LogP contribution in [0.3, 0.4) is 0 Å². The third-order valence-electron chi connectivity index (χ3n) is 4.50. The molecular weight excluding hydrogens is 356 g/mol. The molecule has 1 heterocycles. The van der Waals surface area contributed by atoms with Crippen molar-refractivity contribution in [2.24, 2.45) is 5.16 Å². The van der Waals surface area contributed by atoms with Gasteiger partial charge in [0.25, 0.3) is 0 Å². The summed E-state index contributed by atoms with van der Waals surface area (Å²) in [5.74, 6) is -0.712. The molecule has 146 valence electrons. The van der Waals surface area contributed by atoms with E-state index in [0.717, 1.165) is 39.4 Å². The van der Waals surface area contributed by atoms with Gasteiger partial charge in [0.15, 0.2) is 0 Å². The molecule has 0 saturated carbocycles. The molecule has 0 bridgehead atoms. The number of fused-ring (bicyclic) bond motifs is 3. The van der Waals surface area contributed by atoms with Crippen molar-refractivity contribution in [3.8, 4) is 0 Å². The predicted octanol–water partition coefficient (Wildman–Crippen LogP) is 4.34. The lowest BCUT2D eigenvalue weighted by atomic mass is 10.1. The van der Waals surface area contributed by atoms with E-state index < -0.39 is 5.97 Å². The Labute approximate surface area is 163 Å². The van der Waals surface area contributed by atoms with Gasteiger partial charge >= 0.3 is 11.9 Å². The van der Waals surface area contributed by atoms with Crippen LogP contribution < -0.4 is 0 Å². The first-order chi connectivity index (χ1) is 13.4. The second kappa shape index (κ2) is 8.25. The van der Waals surface area contributed by atoms with Gasteiger partial charge in [0, 0.05) is 28.7 Å². The minimum Gasteiger partial charge on any atom is -0.464 e. The van der Waals surface area contributed by atoms with E-state index in [-0.39, 0.29) is 12.5 Å². The zero-order valence-electron chi connectivity index (χ0n) is 16.6. The van der Waals surface area contributed by atoms with Gasteiger partial charge in [0.2, 0.25) is 0 Å². The van der Waals surface area contributed by atoms with Gasteiger partial charge in [-0.15, -0.1) is 0 Å². The second-order valence-corrected chi connectivity index (χ2v) is 6.82. The first-order valence-electron chi connectivity index (χ1n) is 9.31. The van der Waals surface area contributed by atoms with E-state index in [0.29, 0.717) is 12.3 Å². The largest absolute Gasteiger partial charge is 0.464 e. The molecule has 0 aliphatic heterocycles. The second-order valence-electron chi connectivity index (χ2n) is 6.82. The summed E-state index contributed by atoms with van der Waals surface area (Å²) in [6.45, 7) is 7.69. The van der Waals surface area contributed by atoms with Crippen LogP contribution in [0.4, 0.5) is 0 Å². The minimum absolute atomic E-state index is 0.156. The molecule has 28 heavy (non-hydrogen) atoms. The van der Waals surface area contributed by atoms with Crippen LogP contribution in [0.25, 0.3) is 21.8 Å². The molecule has 0 spiro atoms. The molecule has 3 aromatic rings. The average Bonchev–Trinajstić information content (AvgIpc) is 2.96. The third-order valence-corrected chi connectivity index (χ3v) is 4.50. The van der Waals surface area contributed by atoms with E-state index in [1.807, 2.05) is 48.7 Å². The van der Waals surface area contributed by atoms with Crippen LogP contribution in [0.15, 0.2) is 41.6 Å². The number of carbonyl (C=O) groups is 2. The Morgan fingerprint density at radius 3 is 2.39 bits per heavy atom. The van der Waals surface area contributed by atoms with Crippen molar-refractivity contribution in [3.63, 3.8) is 0 Å². The number of nitrogens with zero attached hydrogens (tertiary/aromatic N) is 2. The number of benzene rings is 2. The Morgan fingerprint density at radius 1 is 1.04 bits per heavy atom. The Hall–Kier alpha value is -3.15. The normalized spacial score (nSPS) is 11.8. The van der Waals surface area contributed by atoms with E-state index in [1.165, 1.54) is 6.92 Å². The van der Waals surface area contributed by atoms with Crippen LogP contribution in [0.1, 0.15) is 38.3 Å². The number of aryl methyl sites for hydroxylation is 1. The first kappa shape index (κ1) is 19.6. The molecule has 0 aliphatic carbocycles. The number of oxime groups is 1. The zero-order chi connectivity index (χ0) is 20.3. The van der Waals surface area contributed by atoms with Gasteiger partial charge in [-0.3, -0.25) is 4.79 Å². The van der Waals surface area contributed by atoms with Crippen molar-refractivity contribution in [1.82, 2.24) is 4.57 Å². The number of ether oxygens (including phenoxy) is 1. The van der Waals surface area contributed by atoms with Crippen LogP contribution in [0, 0.1) is 6.92 Å². The molecule has 0 atom stereocenters. The maximum Gasteiger partial charge on any atom is 0.331 e. The molecule has 3 rings (SSSR count). The molecule has 6 heteroatoms. The molecule has 0 amide bonds. The molecule has 0 fully saturated rings. The Kier molecular flexibility index (Phi) is 5.78. The summed E-state index contributed by atoms with van der Waals surface area (Å²) in [4.78, 5) is 28.0. The summed E-state index contributed by atoms with van der Waals surface area (Å²) in [7, 11) is 0. The molecular formula is C22H24N2O4. The summed E-state index contributed by atoms with van der Waals surface area (Å²) in [6, 6.07) is 12.0. The Bertz CT molecular complexity index is 1080. The fraction of sp³-hybridized carbons (Fsp3) is 0.318. The summed E-state index contributed by atoms with van der Waals surface area (Å²) in [5, 5.41) is 5.94. The summed E-state index contributed by atoms with van der Waals surface area (Å²) in [5.41, 5.74) is 4.51. The van der Waals surface area contributed by atoms with Gasteiger partial charge in [-0.1, -0.05) is 29.8 Å². The fourth-order valence-corrected chi connectivity index (χ4v) is 3.19. The van der Waals surface area contributed by atoms with Crippen molar-refractivity contribution in [2.45, 2.75) is 40.7 Å². The highest BCUT2D eigenvalue weighted by Crippen LogP contribution is 2.31. The van der Waals surface area contributed by atoms with Gasteiger partial charge in [-0.05, 0) is 50.1 Å². The van der Waals surface area contributed by atoms with E-state index in [9.17, 15) is 9.59 Å². The lowest BCUT2D eigenvalue weighted by Gasteiger charge is -2.08. The Balaban J connectivity index is 2.11. The predicted molar refractivity (Wildman–Crippen MR) is 109 cm³/mol. The molecule has 2 aromatic carbocycles. The first-order valence-corrected chi connectivity index (χ1v) is 9.31. The highest BCUT2D eigenvalue weighted by Gasteiger charge is 2.15.